The topological polar surface area (TPSA) is 12.9 Å². The molecule has 1 heterocycles. The molecule has 0 fully saturated rings. The van der Waals surface area contributed by atoms with Crippen molar-refractivity contribution in [2.75, 3.05) is 0 Å². The highest BCUT2D eigenvalue weighted by Crippen LogP contribution is 2.37. The lowest BCUT2D eigenvalue weighted by atomic mass is 9.99. The molecule has 0 amide bonds. The summed E-state index contributed by atoms with van der Waals surface area (Å²) in [4.78, 5) is 3.83. The molecule has 5 heteroatoms. The Balaban J connectivity index is 2.61. The van der Waals surface area contributed by atoms with Crippen LogP contribution in [-0.4, -0.2) is 4.98 Å². The summed E-state index contributed by atoms with van der Waals surface area (Å²) in [7, 11) is 0. The molecule has 18 heavy (non-hydrogen) atoms. The van der Waals surface area contributed by atoms with Crippen molar-refractivity contribution >= 4 is 11.6 Å². The van der Waals surface area contributed by atoms with Crippen molar-refractivity contribution < 1.29 is 13.2 Å². The Morgan fingerprint density at radius 2 is 1.94 bits per heavy atom. The molecule has 0 saturated carbocycles. The van der Waals surface area contributed by atoms with Crippen molar-refractivity contribution in [2.45, 2.75) is 12.1 Å². The Labute approximate surface area is 107 Å². The van der Waals surface area contributed by atoms with Gasteiger partial charge in [-0.3, -0.25) is 4.98 Å². The van der Waals surface area contributed by atoms with Crippen LogP contribution in [0.2, 0.25) is 0 Å². The molecule has 0 unspecified atom stereocenters. The third kappa shape index (κ3) is 2.64. The zero-order valence-corrected chi connectivity index (χ0v) is 9.96. The smallest absolute Gasteiger partial charge is 0.264 e. The molecular weight excluding hydrogens is 263 g/mol. The van der Waals surface area contributed by atoms with Crippen LogP contribution in [0.3, 0.4) is 0 Å². The predicted octanol–water partition coefficient (Wildman–Crippen LogP) is 4.51. The summed E-state index contributed by atoms with van der Waals surface area (Å²) in [6, 6.07) is 7.29. The summed E-state index contributed by atoms with van der Waals surface area (Å²) in [6.07, 6.45) is -1.48. The summed E-state index contributed by atoms with van der Waals surface area (Å²) < 4.78 is 39.0. The van der Waals surface area contributed by atoms with Crippen LogP contribution >= 0.6 is 11.6 Å². The van der Waals surface area contributed by atoms with Crippen molar-refractivity contribution in [3.05, 3.63) is 53.9 Å². The molecule has 0 radical (unpaired) electrons. The summed E-state index contributed by atoms with van der Waals surface area (Å²) in [6.45, 7) is 0. The van der Waals surface area contributed by atoms with Crippen molar-refractivity contribution in [1.82, 2.24) is 4.98 Å². The van der Waals surface area contributed by atoms with Crippen LogP contribution in [0, 0.1) is 0 Å². The molecule has 1 aromatic heterocycles. The zero-order chi connectivity index (χ0) is 13.2. The lowest BCUT2D eigenvalue weighted by Crippen LogP contribution is -2.08. The summed E-state index contributed by atoms with van der Waals surface area (Å²) in [5.41, 5.74) is 0.306. The highest BCUT2D eigenvalue weighted by atomic mass is 35.5. The van der Waals surface area contributed by atoms with Gasteiger partial charge in [0.2, 0.25) is 0 Å². The van der Waals surface area contributed by atoms with Gasteiger partial charge in [0, 0.05) is 23.8 Å². The molecule has 0 aliphatic heterocycles. The molecule has 1 nitrogen and oxygen atoms in total. The Bertz CT molecular complexity index is 538. The average molecular weight is 272 g/mol. The van der Waals surface area contributed by atoms with Crippen LogP contribution in [0.5, 0.6) is 0 Å². The van der Waals surface area contributed by atoms with E-state index in [2.05, 4.69) is 4.98 Å². The Morgan fingerprint density at radius 3 is 2.50 bits per heavy atom. The predicted molar refractivity (Wildman–Crippen MR) is 64.2 cm³/mol. The van der Waals surface area contributed by atoms with Crippen molar-refractivity contribution in [3.8, 4) is 11.1 Å². The molecular formula is C13H9ClF3N. The van der Waals surface area contributed by atoms with Gasteiger partial charge < -0.3 is 0 Å². The van der Waals surface area contributed by atoms with Gasteiger partial charge in [-0.2, -0.15) is 13.2 Å². The van der Waals surface area contributed by atoms with Crippen LogP contribution in [0.1, 0.15) is 11.1 Å². The quantitative estimate of drug-likeness (QED) is 0.733. The van der Waals surface area contributed by atoms with Gasteiger partial charge in [0.15, 0.2) is 0 Å². The second-order valence-corrected chi connectivity index (χ2v) is 4.02. The summed E-state index contributed by atoms with van der Waals surface area (Å²) >= 11 is 5.57. The van der Waals surface area contributed by atoms with E-state index in [0.717, 1.165) is 6.07 Å². The number of aromatic nitrogens is 1. The second-order valence-electron chi connectivity index (χ2n) is 3.75. The first-order valence-corrected chi connectivity index (χ1v) is 5.72. The fraction of sp³-hybridized carbons (Fsp3) is 0.154. The van der Waals surface area contributed by atoms with E-state index in [-0.39, 0.29) is 11.4 Å². The zero-order valence-electron chi connectivity index (χ0n) is 9.21. The van der Waals surface area contributed by atoms with Crippen molar-refractivity contribution in [2.24, 2.45) is 0 Å². The van der Waals surface area contributed by atoms with Gasteiger partial charge in [-0.25, -0.2) is 0 Å². The third-order valence-corrected chi connectivity index (χ3v) is 2.82. The summed E-state index contributed by atoms with van der Waals surface area (Å²) in [5, 5.41) is 0. The van der Waals surface area contributed by atoms with Gasteiger partial charge in [0.1, 0.15) is 0 Å². The van der Waals surface area contributed by atoms with Crippen molar-refractivity contribution in [1.29, 1.82) is 0 Å². The van der Waals surface area contributed by atoms with Crippen LogP contribution in [0.15, 0.2) is 42.7 Å². The maximum atomic E-state index is 13.0. The number of nitrogens with zero attached hydrogens (tertiary/aromatic N) is 1. The maximum Gasteiger partial charge on any atom is 0.417 e. The molecule has 1 aromatic carbocycles. The number of benzene rings is 1. The minimum absolute atomic E-state index is 0.0520. The van der Waals surface area contributed by atoms with Crippen LogP contribution in [-0.2, 0) is 12.1 Å². The number of hydrogen-bond acceptors (Lipinski definition) is 1. The number of halogens is 4. The van der Waals surface area contributed by atoms with Crippen molar-refractivity contribution in [3.63, 3.8) is 0 Å². The van der Waals surface area contributed by atoms with Gasteiger partial charge >= 0.3 is 6.18 Å². The van der Waals surface area contributed by atoms with Gasteiger partial charge in [-0.15, -0.1) is 11.6 Å². The van der Waals surface area contributed by atoms with Crippen LogP contribution < -0.4 is 0 Å². The van der Waals surface area contributed by atoms with E-state index >= 15 is 0 Å². The Hall–Kier alpha value is -1.55. The minimum atomic E-state index is -4.41. The van der Waals surface area contributed by atoms with Crippen LogP contribution in [0.4, 0.5) is 13.2 Å². The Kier molecular flexibility index (Phi) is 3.57. The third-order valence-electron chi connectivity index (χ3n) is 2.52. The number of alkyl halides is 4. The fourth-order valence-electron chi connectivity index (χ4n) is 1.68. The molecule has 2 aromatic rings. The molecule has 0 N–H and O–H groups in total. The second kappa shape index (κ2) is 4.98. The summed E-state index contributed by atoms with van der Waals surface area (Å²) in [5.74, 6) is 0.0520. The molecule has 0 spiro atoms. The van der Waals surface area contributed by atoms with Gasteiger partial charge in [0.05, 0.1) is 5.56 Å². The largest absolute Gasteiger partial charge is 0.417 e. The van der Waals surface area contributed by atoms with Gasteiger partial charge in [0.25, 0.3) is 0 Å². The fourth-order valence-corrected chi connectivity index (χ4v) is 1.85. The van der Waals surface area contributed by atoms with E-state index in [1.54, 1.807) is 18.2 Å². The van der Waals surface area contributed by atoms with E-state index in [1.165, 1.54) is 18.5 Å². The molecule has 0 atom stereocenters. The normalized spacial score (nSPS) is 11.6. The lowest BCUT2D eigenvalue weighted by Gasteiger charge is -2.14. The highest BCUT2D eigenvalue weighted by Gasteiger charge is 2.33. The maximum absolute atomic E-state index is 13.0. The molecule has 0 aliphatic rings. The molecule has 0 bridgehead atoms. The Morgan fingerprint density at radius 1 is 1.17 bits per heavy atom. The van der Waals surface area contributed by atoms with Crippen LogP contribution in [0.25, 0.3) is 11.1 Å². The highest BCUT2D eigenvalue weighted by molar-refractivity contribution is 6.17. The average Bonchev–Trinajstić information content (AvgIpc) is 2.38. The SMILES string of the molecule is FC(F)(F)c1cc(CCl)ccc1-c1cccnc1. The first-order valence-electron chi connectivity index (χ1n) is 5.19. The van der Waals surface area contributed by atoms with Gasteiger partial charge in [-0.1, -0.05) is 18.2 Å². The first-order chi connectivity index (χ1) is 8.52. The number of pyridine rings is 1. The molecule has 0 aliphatic carbocycles. The first kappa shape index (κ1) is 12.9. The molecule has 0 saturated heterocycles. The van der Waals surface area contributed by atoms with E-state index < -0.39 is 11.7 Å². The van der Waals surface area contributed by atoms with Gasteiger partial charge in [-0.05, 0) is 23.3 Å². The van der Waals surface area contributed by atoms with E-state index in [0.29, 0.717) is 11.1 Å². The monoisotopic (exact) mass is 271 g/mol. The van der Waals surface area contributed by atoms with E-state index in [4.69, 9.17) is 11.6 Å². The molecule has 2 rings (SSSR count). The lowest BCUT2D eigenvalue weighted by molar-refractivity contribution is -0.137. The molecule has 94 valence electrons. The van der Waals surface area contributed by atoms with E-state index in [1.807, 2.05) is 0 Å². The number of rotatable bonds is 2. The van der Waals surface area contributed by atoms with E-state index in [9.17, 15) is 13.2 Å². The standard InChI is InChI=1S/C13H9ClF3N/c14-7-9-3-4-11(10-2-1-5-18-8-10)12(6-9)13(15,16)17/h1-6,8H,7H2. The minimum Gasteiger partial charge on any atom is -0.264 e. The number of hydrogen-bond donors (Lipinski definition) is 0.